The van der Waals surface area contributed by atoms with Crippen molar-refractivity contribution in [3.05, 3.63) is 91.0 Å². The largest absolute Gasteiger partial charge is 0.352 e. The van der Waals surface area contributed by atoms with Crippen LogP contribution in [-0.4, -0.2) is 56.3 Å². The molecule has 7 heteroatoms. The van der Waals surface area contributed by atoms with Crippen LogP contribution in [0.2, 0.25) is 0 Å². The third kappa shape index (κ3) is 3.57. The Morgan fingerprint density at radius 3 is 1.83 bits per heavy atom. The molecule has 0 saturated carbocycles. The maximum atomic E-state index is 12.9. The highest BCUT2D eigenvalue weighted by molar-refractivity contribution is 5.94. The average Bonchev–Trinajstić information content (AvgIpc) is 3.54. The van der Waals surface area contributed by atoms with Crippen LogP contribution >= 0.6 is 0 Å². The molecule has 0 aliphatic carbocycles. The number of aromatic nitrogens is 4. The molecule has 1 aromatic carbocycles. The van der Waals surface area contributed by atoms with E-state index in [1.165, 1.54) is 0 Å². The highest BCUT2D eigenvalue weighted by Gasteiger charge is 2.23. The lowest BCUT2D eigenvalue weighted by atomic mass is 10.1. The molecular formula is C23H22N6O. The van der Waals surface area contributed by atoms with E-state index in [0.717, 1.165) is 36.0 Å². The zero-order valence-electron chi connectivity index (χ0n) is 16.5. The first-order chi connectivity index (χ1) is 14.8. The maximum absolute atomic E-state index is 12.9. The molecule has 3 aromatic heterocycles. The molecule has 0 unspecified atom stereocenters. The van der Waals surface area contributed by atoms with Gasteiger partial charge in [-0.25, -0.2) is 0 Å². The summed E-state index contributed by atoms with van der Waals surface area (Å²) in [5.41, 5.74) is 1.76. The van der Waals surface area contributed by atoms with E-state index >= 15 is 0 Å². The van der Waals surface area contributed by atoms with Crippen LogP contribution in [0.4, 0.5) is 5.82 Å². The van der Waals surface area contributed by atoms with Crippen molar-refractivity contribution < 1.29 is 4.79 Å². The molecule has 30 heavy (non-hydrogen) atoms. The second kappa shape index (κ2) is 7.87. The predicted molar refractivity (Wildman–Crippen MR) is 115 cm³/mol. The van der Waals surface area contributed by atoms with Crippen molar-refractivity contribution in [2.24, 2.45) is 0 Å². The van der Waals surface area contributed by atoms with E-state index in [1.807, 2.05) is 99.5 Å². The number of amides is 1. The molecule has 1 amide bonds. The number of hydrogen-bond acceptors (Lipinski definition) is 4. The Morgan fingerprint density at radius 1 is 0.667 bits per heavy atom. The summed E-state index contributed by atoms with van der Waals surface area (Å²) in [6.45, 7) is 2.81. The summed E-state index contributed by atoms with van der Waals surface area (Å²) in [6.07, 6.45) is 7.87. The fraction of sp³-hybridized carbons (Fsp3) is 0.174. The SMILES string of the molecule is O=C(c1ccc(-n2cccc2)cc1)N1CCN(c2ccc(-n3cccc3)nn2)CC1. The van der Waals surface area contributed by atoms with Crippen LogP contribution < -0.4 is 4.90 Å². The van der Waals surface area contributed by atoms with Gasteiger partial charge in [-0.2, -0.15) is 0 Å². The Balaban J connectivity index is 1.21. The van der Waals surface area contributed by atoms with Gasteiger partial charge in [-0.05, 0) is 60.7 Å². The molecule has 1 aliphatic rings. The topological polar surface area (TPSA) is 59.2 Å². The van der Waals surface area contributed by atoms with Crippen molar-refractivity contribution in [1.82, 2.24) is 24.2 Å². The molecule has 7 nitrogen and oxygen atoms in total. The van der Waals surface area contributed by atoms with Crippen molar-refractivity contribution >= 4 is 11.7 Å². The summed E-state index contributed by atoms with van der Waals surface area (Å²) < 4.78 is 3.95. The number of hydrogen-bond donors (Lipinski definition) is 0. The van der Waals surface area contributed by atoms with Crippen LogP contribution in [0.1, 0.15) is 10.4 Å². The highest BCUT2D eigenvalue weighted by Crippen LogP contribution is 2.17. The summed E-state index contributed by atoms with van der Waals surface area (Å²) >= 11 is 0. The maximum Gasteiger partial charge on any atom is 0.253 e. The number of rotatable bonds is 4. The van der Waals surface area contributed by atoms with Gasteiger partial charge in [0.1, 0.15) is 0 Å². The first kappa shape index (κ1) is 18.2. The Morgan fingerprint density at radius 2 is 1.23 bits per heavy atom. The number of piperazine rings is 1. The van der Waals surface area contributed by atoms with Crippen LogP contribution in [0.3, 0.4) is 0 Å². The zero-order valence-corrected chi connectivity index (χ0v) is 16.5. The first-order valence-electron chi connectivity index (χ1n) is 10.0. The van der Waals surface area contributed by atoms with Crippen molar-refractivity contribution in [2.45, 2.75) is 0 Å². The van der Waals surface area contributed by atoms with Crippen molar-refractivity contribution in [3.8, 4) is 11.5 Å². The van der Waals surface area contributed by atoms with Gasteiger partial charge in [-0.15, -0.1) is 10.2 Å². The van der Waals surface area contributed by atoms with Gasteiger partial charge in [0, 0.05) is 62.2 Å². The van der Waals surface area contributed by atoms with Gasteiger partial charge in [0.05, 0.1) is 0 Å². The summed E-state index contributed by atoms with van der Waals surface area (Å²) in [6, 6.07) is 19.6. The molecule has 4 aromatic rings. The predicted octanol–water partition coefficient (Wildman–Crippen LogP) is 3.02. The number of anilines is 1. The summed E-state index contributed by atoms with van der Waals surface area (Å²) in [4.78, 5) is 17.0. The molecule has 4 heterocycles. The lowest BCUT2D eigenvalue weighted by molar-refractivity contribution is 0.0746. The molecule has 1 saturated heterocycles. The molecule has 0 bridgehead atoms. The van der Waals surface area contributed by atoms with Gasteiger partial charge in [-0.1, -0.05) is 0 Å². The minimum absolute atomic E-state index is 0.0720. The Kier molecular flexibility index (Phi) is 4.77. The minimum atomic E-state index is 0.0720. The lowest BCUT2D eigenvalue weighted by Gasteiger charge is -2.35. The van der Waals surface area contributed by atoms with Crippen LogP contribution in [0.25, 0.3) is 11.5 Å². The van der Waals surface area contributed by atoms with Gasteiger partial charge in [0.25, 0.3) is 5.91 Å². The monoisotopic (exact) mass is 398 g/mol. The summed E-state index contributed by atoms with van der Waals surface area (Å²) in [5, 5.41) is 8.69. The molecule has 150 valence electrons. The fourth-order valence-corrected chi connectivity index (χ4v) is 3.72. The molecule has 1 fully saturated rings. The van der Waals surface area contributed by atoms with E-state index in [-0.39, 0.29) is 5.91 Å². The molecule has 0 radical (unpaired) electrons. The zero-order chi connectivity index (χ0) is 20.3. The number of benzene rings is 1. The van der Waals surface area contributed by atoms with E-state index < -0.39 is 0 Å². The Bertz CT molecular complexity index is 1090. The van der Waals surface area contributed by atoms with Gasteiger partial charge in [0.2, 0.25) is 0 Å². The van der Waals surface area contributed by atoms with Gasteiger partial charge in [-0.3, -0.25) is 4.79 Å². The second-order valence-electron chi connectivity index (χ2n) is 7.26. The van der Waals surface area contributed by atoms with E-state index in [0.29, 0.717) is 13.1 Å². The van der Waals surface area contributed by atoms with Crippen LogP contribution in [-0.2, 0) is 0 Å². The normalized spacial score (nSPS) is 14.1. The second-order valence-corrected chi connectivity index (χ2v) is 7.26. The molecular weight excluding hydrogens is 376 g/mol. The van der Waals surface area contributed by atoms with Gasteiger partial charge in [0.15, 0.2) is 11.6 Å². The smallest absolute Gasteiger partial charge is 0.253 e. The van der Waals surface area contributed by atoms with Crippen LogP contribution in [0.15, 0.2) is 85.5 Å². The lowest BCUT2D eigenvalue weighted by Crippen LogP contribution is -2.49. The third-order valence-electron chi connectivity index (χ3n) is 5.41. The van der Waals surface area contributed by atoms with Crippen molar-refractivity contribution in [1.29, 1.82) is 0 Å². The van der Waals surface area contributed by atoms with Crippen molar-refractivity contribution in [3.63, 3.8) is 0 Å². The van der Waals surface area contributed by atoms with Crippen LogP contribution in [0.5, 0.6) is 0 Å². The third-order valence-corrected chi connectivity index (χ3v) is 5.41. The molecule has 0 N–H and O–H groups in total. The molecule has 1 aliphatic heterocycles. The average molecular weight is 398 g/mol. The van der Waals surface area contributed by atoms with Gasteiger partial charge < -0.3 is 18.9 Å². The Hall–Kier alpha value is -3.87. The van der Waals surface area contributed by atoms with Crippen molar-refractivity contribution in [2.75, 3.05) is 31.1 Å². The van der Waals surface area contributed by atoms with Gasteiger partial charge >= 0.3 is 0 Å². The minimum Gasteiger partial charge on any atom is -0.352 e. The number of nitrogens with zero attached hydrogens (tertiary/aromatic N) is 6. The van der Waals surface area contributed by atoms with E-state index in [1.54, 1.807) is 0 Å². The fourth-order valence-electron chi connectivity index (χ4n) is 3.72. The quantitative estimate of drug-likeness (QED) is 0.530. The van der Waals surface area contributed by atoms with E-state index in [9.17, 15) is 4.79 Å². The number of carbonyl (C=O) groups excluding carboxylic acids is 1. The Labute approximate surface area is 174 Å². The summed E-state index contributed by atoms with van der Waals surface area (Å²) in [7, 11) is 0. The number of carbonyl (C=O) groups is 1. The molecule has 0 spiro atoms. The summed E-state index contributed by atoms with van der Waals surface area (Å²) in [5.74, 6) is 1.71. The molecule has 5 rings (SSSR count). The van der Waals surface area contributed by atoms with E-state index in [2.05, 4.69) is 15.1 Å². The highest BCUT2D eigenvalue weighted by atomic mass is 16.2. The first-order valence-corrected chi connectivity index (χ1v) is 10.0. The van der Waals surface area contributed by atoms with E-state index in [4.69, 9.17) is 0 Å². The van der Waals surface area contributed by atoms with Crippen LogP contribution in [0, 0.1) is 0 Å². The molecule has 0 atom stereocenters. The standard InChI is InChI=1S/C23H22N6O/c30-23(19-5-7-20(8-6-19)26-11-1-2-12-26)29-17-15-28(16-18-29)22-10-9-21(24-25-22)27-13-3-4-14-27/h1-14H,15-18H2.